The van der Waals surface area contributed by atoms with E-state index in [2.05, 4.69) is 29.8 Å². The average Bonchev–Trinajstić information content (AvgIpc) is 2.23. The quantitative estimate of drug-likeness (QED) is 0.638. The molecule has 0 aromatic heterocycles. The molecule has 2 rings (SSSR count). The topological polar surface area (TPSA) is 20.2 Å². The summed E-state index contributed by atoms with van der Waals surface area (Å²) in [5.74, 6) is 0.783. The molecule has 2 heteroatoms. The predicted octanol–water partition coefficient (Wildman–Crippen LogP) is 2.71. The second kappa shape index (κ2) is 2.09. The van der Waals surface area contributed by atoms with Crippen molar-refractivity contribution in [1.29, 1.82) is 0 Å². The summed E-state index contributed by atoms with van der Waals surface area (Å²) in [5.41, 5.74) is -0.0404. The van der Waals surface area contributed by atoms with Crippen LogP contribution in [0.4, 0.5) is 0 Å². The molecule has 2 aliphatic carbocycles. The van der Waals surface area contributed by atoms with Crippen LogP contribution >= 0.6 is 15.9 Å². The monoisotopic (exact) mass is 232 g/mol. The molecule has 3 atom stereocenters. The zero-order valence-electron chi connectivity index (χ0n) is 8.02. The Kier molecular flexibility index (Phi) is 1.57. The van der Waals surface area contributed by atoms with Crippen molar-refractivity contribution in [3.63, 3.8) is 0 Å². The molecule has 0 aliphatic heterocycles. The van der Waals surface area contributed by atoms with Crippen molar-refractivity contribution in [2.24, 2.45) is 11.3 Å². The number of alkyl halides is 1. The van der Waals surface area contributed by atoms with Crippen molar-refractivity contribution < 1.29 is 5.11 Å². The van der Waals surface area contributed by atoms with Crippen LogP contribution in [0.5, 0.6) is 0 Å². The minimum absolute atomic E-state index is 0.238. The summed E-state index contributed by atoms with van der Waals surface area (Å²) in [6, 6.07) is 0. The fraction of sp³-hybridized carbons (Fsp3) is 1.00. The van der Waals surface area contributed by atoms with E-state index < -0.39 is 5.60 Å². The Morgan fingerprint density at radius 2 is 1.92 bits per heavy atom. The number of rotatable bonds is 0. The molecule has 12 heavy (non-hydrogen) atoms. The van der Waals surface area contributed by atoms with Crippen LogP contribution in [0.1, 0.15) is 40.0 Å². The maximum atomic E-state index is 9.94. The Balaban J connectivity index is 2.21. The maximum Gasteiger partial charge on any atom is 0.0633 e. The number of halogens is 1. The third-order valence-electron chi connectivity index (χ3n) is 4.02. The van der Waals surface area contributed by atoms with E-state index in [1.165, 1.54) is 6.42 Å². The molecule has 0 aromatic carbocycles. The molecular weight excluding hydrogens is 216 g/mol. The number of hydrogen-bond acceptors (Lipinski definition) is 1. The van der Waals surface area contributed by atoms with Crippen molar-refractivity contribution in [3.8, 4) is 0 Å². The van der Waals surface area contributed by atoms with Crippen molar-refractivity contribution in [1.82, 2.24) is 0 Å². The fourth-order valence-electron chi connectivity index (χ4n) is 2.95. The van der Waals surface area contributed by atoms with Crippen LogP contribution in [-0.4, -0.2) is 15.0 Å². The smallest absolute Gasteiger partial charge is 0.0633 e. The van der Waals surface area contributed by atoms with Gasteiger partial charge in [-0.05, 0) is 37.5 Å². The van der Waals surface area contributed by atoms with Crippen LogP contribution < -0.4 is 0 Å². The maximum absolute atomic E-state index is 9.94. The van der Waals surface area contributed by atoms with Crippen molar-refractivity contribution >= 4 is 15.9 Å². The van der Waals surface area contributed by atoms with Crippen LogP contribution in [0, 0.1) is 11.3 Å². The lowest BCUT2D eigenvalue weighted by Gasteiger charge is -2.31. The van der Waals surface area contributed by atoms with E-state index in [1.807, 2.05) is 6.92 Å². The number of fused-ring (bicyclic) bond motifs is 1. The van der Waals surface area contributed by atoms with Gasteiger partial charge in [0.2, 0.25) is 0 Å². The summed E-state index contributed by atoms with van der Waals surface area (Å²) in [6.45, 7) is 6.56. The zero-order valence-corrected chi connectivity index (χ0v) is 9.61. The normalized spacial score (nSPS) is 56.2. The highest BCUT2D eigenvalue weighted by Gasteiger charge is 2.72. The molecule has 2 saturated carbocycles. The highest BCUT2D eigenvalue weighted by atomic mass is 79.9. The van der Waals surface area contributed by atoms with Gasteiger partial charge >= 0.3 is 0 Å². The Bertz CT molecular complexity index is 222. The molecule has 3 unspecified atom stereocenters. The highest BCUT2D eigenvalue weighted by molar-refractivity contribution is 9.10. The van der Waals surface area contributed by atoms with Gasteiger partial charge in [0.05, 0.1) is 5.60 Å². The minimum atomic E-state index is -0.437. The highest BCUT2D eigenvalue weighted by Crippen LogP contribution is 2.74. The van der Waals surface area contributed by atoms with Crippen LogP contribution in [-0.2, 0) is 0 Å². The first-order valence-electron chi connectivity index (χ1n) is 4.71. The van der Waals surface area contributed by atoms with Gasteiger partial charge < -0.3 is 5.11 Å². The molecule has 0 aromatic rings. The first kappa shape index (κ1) is 9.01. The molecule has 0 radical (unpaired) electrons. The summed E-state index contributed by atoms with van der Waals surface area (Å²) in [4.78, 5) is 0. The molecule has 0 spiro atoms. The Hall–Kier alpha value is 0.440. The number of hydrogen-bond donors (Lipinski definition) is 1. The standard InChI is InChI=1S/C10H17BrO/c1-8(2)7-4-5-9(3,12)6-10(7,8)11/h7,12H,4-6H2,1-3H3. The molecule has 0 amide bonds. The first-order chi connectivity index (χ1) is 5.30. The Labute approximate surface area is 82.7 Å². The lowest BCUT2D eigenvalue weighted by Crippen LogP contribution is -2.33. The summed E-state index contributed by atoms with van der Waals surface area (Å²) >= 11 is 3.80. The van der Waals surface area contributed by atoms with Gasteiger partial charge in [-0.15, -0.1) is 0 Å². The summed E-state index contributed by atoms with van der Waals surface area (Å²) in [5, 5.41) is 9.94. The van der Waals surface area contributed by atoms with Crippen LogP contribution in [0.3, 0.4) is 0 Å². The Morgan fingerprint density at radius 3 is 2.33 bits per heavy atom. The SMILES string of the molecule is CC1(O)CCC2C(C)(C)C2(Br)C1. The number of aliphatic hydroxyl groups is 1. The predicted molar refractivity (Wildman–Crippen MR) is 53.4 cm³/mol. The van der Waals surface area contributed by atoms with Crippen LogP contribution in [0.2, 0.25) is 0 Å². The third-order valence-corrected chi connectivity index (χ3v) is 5.88. The van der Waals surface area contributed by atoms with Gasteiger partial charge in [-0.1, -0.05) is 29.8 Å². The van der Waals surface area contributed by atoms with Gasteiger partial charge in [0.1, 0.15) is 0 Å². The van der Waals surface area contributed by atoms with E-state index in [4.69, 9.17) is 0 Å². The van der Waals surface area contributed by atoms with E-state index in [-0.39, 0.29) is 4.32 Å². The van der Waals surface area contributed by atoms with Gasteiger partial charge in [-0.25, -0.2) is 0 Å². The average molecular weight is 233 g/mol. The van der Waals surface area contributed by atoms with Crippen LogP contribution in [0.15, 0.2) is 0 Å². The summed E-state index contributed by atoms with van der Waals surface area (Å²) in [6.07, 6.45) is 3.05. The molecular formula is C10H17BrO. The molecule has 70 valence electrons. The van der Waals surface area contributed by atoms with Crippen molar-refractivity contribution in [2.75, 3.05) is 0 Å². The molecule has 1 nitrogen and oxygen atoms in total. The first-order valence-corrected chi connectivity index (χ1v) is 5.50. The summed E-state index contributed by atoms with van der Waals surface area (Å²) in [7, 11) is 0. The van der Waals surface area contributed by atoms with E-state index in [1.54, 1.807) is 0 Å². The minimum Gasteiger partial charge on any atom is -0.390 e. The largest absolute Gasteiger partial charge is 0.390 e. The molecule has 0 saturated heterocycles. The van der Waals surface area contributed by atoms with E-state index in [0.29, 0.717) is 5.41 Å². The van der Waals surface area contributed by atoms with Crippen molar-refractivity contribution in [3.05, 3.63) is 0 Å². The van der Waals surface area contributed by atoms with Gasteiger partial charge in [0.15, 0.2) is 0 Å². The summed E-state index contributed by atoms with van der Waals surface area (Å²) < 4.78 is 0.238. The molecule has 2 aliphatic rings. The molecule has 0 heterocycles. The van der Waals surface area contributed by atoms with E-state index in [0.717, 1.165) is 18.8 Å². The molecule has 1 N–H and O–H groups in total. The Morgan fingerprint density at radius 1 is 1.33 bits per heavy atom. The van der Waals surface area contributed by atoms with Gasteiger partial charge in [-0.2, -0.15) is 0 Å². The lowest BCUT2D eigenvalue weighted by molar-refractivity contribution is 0.0238. The van der Waals surface area contributed by atoms with Crippen LogP contribution in [0.25, 0.3) is 0 Å². The molecule has 0 bridgehead atoms. The second-order valence-electron chi connectivity index (χ2n) is 5.35. The third kappa shape index (κ3) is 0.941. The van der Waals surface area contributed by atoms with Crippen molar-refractivity contribution in [2.45, 2.75) is 50.0 Å². The lowest BCUT2D eigenvalue weighted by atomic mass is 9.86. The van der Waals surface area contributed by atoms with E-state index in [9.17, 15) is 5.11 Å². The fourth-order valence-corrected chi connectivity index (χ4v) is 4.52. The van der Waals surface area contributed by atoms with Gasteiger partial charge in [0, 0.05) is 4.32 Å². The molecule has 2 fully saturated rings. The van der Waals surface area contributed by atoms with Gasteiger partial charge in [-0.3, -0.25) is 0 Å². The zero-order chi connectivity index (χ0) is 9.20. The van der Waals surface area contributed by atoms with E-state index >= 15 is 0 Å². The van der Waals surface area contributed by atoms with Gasteiger partial charge in [0.25, 0.3) is 0 Å². The second-order valence-corrected chi connectivity index (χ2v) is 6.76.